The largest absolute Gasteiger partial charge is 0.510 e. The smallest absolute Gasteiger partial charge is 0.338 e. The van der Waals surface area contributed by atoms with Crippen LogP contribution in [0.5, 0.6) is 0 Å². The zero-order valence-electron chi connectivity index (χ0n) is 17.6. The maximum Gasteiger partial charge on any atom is 0.338 e. The maximum atomic E-state index is 12.4. The van der Waals surface area contributed by atoms with Crippen LogP contribution in [0.4, 0.5) is 5.69 Å². The summed E-state index contributed by atoms with van der Waals surface area (Å²) in [4.78, 5) is 18.7. The van der Waals surface area contributed by atoms with Crippen molar-refractivity contribution in [2.75, 3.05) is 11.4 Å². The van der Waals surface area contributed by atoms with E-state index in [2.05, 4.69) is 4.98 Å². The molecule has 1 unspecified atom stereocenters. The van der Waals surface area contributed by atoms with Gasteiger partial charge in [-0.2, -0.15) is 0 Å². The number of nitrogens with one attached hydrogen (secondary N) is 1. The molecule has 6 nitrogen and oxygen atoms in total. The Morgan fingerprint density at radius 1 is 1.31 bits per heavy atom. The quantitative estimate of drug-likeness (QED) is 0.422. The lowest BCUT2D eigenvalue weighted by molar-refractivity contribution is 0.0334. The molecule has 8 heteroatoms. The van der Waals surface area contributed by atoms with Crippen LogP contribution in [0.2, 0.25) is 5.02 Å². The van der Waals surface area contributed by atoms with Gasteiger partial charge in [-0.15, -0.1) is 11.3 Å². The second-order valence-corrected chi connectivity index (χ2v) is 8.77. The summed E-state index contributed by atoms with van der Waals surface area (Å²) in [6.07, 6.45) is 0.558. The summed E-state index contributed by atoms with van der Waals surface area (Å²) in [6, 6.07) is 14.3. The molecule has 0 saturated heterocycles. The third kappa shape index (κ3) is 4.40. The van der Waals surface area contributed by atoms with Crippen molar-refractivity contribution in [1.82, 2.24) is 4.98 Å². The fourth-order valence-corrected chi connectivity index (χ4v) is 4.32. The van der Waals surface area contributed by atoms with Crippen LogP contribution in [0.3, 0.4) is 0 Å². The average Bonchev–Trinajstić information content (AvgIpc) is 3.38. The van der Waals surface area contributed by atoms with Gasteiger partial charge in [-0.25, -0.2) is 9.78 Å². The van der Waals surface area contributed by atoms with E-state index in [-0.39, 0.29) is 24.2 Å². The average molecular weight is 468 g/mol. The first-order valence-electron chi connectivity index (χ1n) is 10.2. The van der Waals surface area contributed by atoms with Gasteiger partial charge >= 0.3 is 5.97 Å². The van der Waals surface area contributed by atoms with Crippen molar-refractivity contribution in [3.8, 4) is 11.3 Å². The number of aromatic nitrogens is 1. The Kier molecular flexibility index (Phi) is 6.30. The first kappa shape index (κ1) is 22.0. The maximum absolute atomic E-state index is 12.4. The van der Waals surface area contributed by atoms with Crippen molar-refractivity contribution in [3.05, 3.63) is 75.3 Å². The highest BCUT2D eigenvalue weighted by Crippen LogP contribution is 2.34. The molecule has 1 atom stereocenters. The van der Waals surface area contributed by atoms with Gasteiger partial charge in [-0.3, -0.25) is 5.41 Å². The van der Waals surface area contributed by atoms with Crippen LogP contribution in [-0.4, -0.2) is 34.5 Å². The van der Waals surface area contributed by atoms with Gasteiger partial charge in [0.25, 0.3) is 0 Å². The van der Waals surface area contributed by atoms with Crippen molar-refractivity contribution in [3.63, 3.8) is 0 Å². The van der Waals surface area contributed by atoms with Crippen LogP contribution in [0.1, 0.15) is 35.6 Å². The van der Waals surface area contributed by atoms with Gasteiger partial charge in [-0.05, 0) is 43.7 Å². The molecule has 1 aliphatic rings. The van der Waals surface area contributed by atoms with Gasteiger partial charge in [0.2, 0.25) is 0 Å². The van der Waals surface area contributed by atoms with E-state index in [9.17, 15) is 9.90 Å². The molecule has 3 aromatic rings. The van der Waals surface area contributed by atoms with Gasteiger partial charge in [-0.1, -0.05) is 36.7 Å². The second kappa shape index (κ2) is 9.14. The van der Waals surface area contributed by atoms with Crippen LogP contribution >= 0.6 is 22.9 Å². The first-order chi connectivity index (χ1) is 15.4. The summed E-state index contributed by atoms with van der Waals surface area (Å²) in [5.41, 5.74) is 3.09. The Morgan fingerprint density at radius 2 is 2.06 bits per heavy atom. The summed E-state index contributed by atoms with van der Waals surface area (Å²) in [5, 5.41) is 22.4. The number of rotatable bonds is 6. The second-order valence-electron chi connectivity index (χ2n) is 7.48. The number of benzene rings is 2. The minimum absolute atomic E-state index is 0.0691. The van der Waals surface area contributed by atoms with Crippen LogP contribution < -0.4 is 4.90 Å². The molecule has 0 spiro atoms. The van der Waals surface area contributed by atoms with Crippen LogP contribution in [0.25, 0.3) is 16.8 Å². The lowest BCUT2D eigenvalue weighted by Gasteiger charge is -2.19. The molecule has 1 aliphatic heterocycles. The minimum atomic E-state index is -0.406. The molecule has 164 valence electrons. The monoisotopic (exact) mass is 467 g/mol. The molecule has 2 heterocycles. The normalized spacial score (nSPS) is 14.7. The van der Waals surface area contributed by atoms with E-state index in [1.165, 1.54) is 11.3 Å². The highest BCUT2D eigenvalue weighted by atomic mass is 35.5. The number of nitrogens with zero attached hydrogens (tertiary/aromatic N) is 2. The fourth-order valence-electron chi connectivity index (χ4n) is 3.30. The number of hydrogen-bond donors (Lipinski definition) is 2. The van der Waals surface area contributed by atoms with E-state index in [0.717, 1.165) is 17.7 Å². The summed E-state index contributed by atoms with van der Waals surface area (Å²) in [6.45, 7) is 3.93. The zero-order valence-corrected chi connectivity index (χ0v) is 19.2. The lowest BCUT2D eigenvalue weighted by atomic mass is 10.1. The zero-order chi connectivity index (χ0) is 22.8. The number of aliphatic hydroxyl groups is 1. The topological polar surface area (TPSA) is 86.5 Å². The highest BCUT2D eigenvalue weighted by Gasteiger charge is 2.31. The number of thiazole rings is 1. The Labute approximate surface area is 195 Å². The molecular weight excluding hydrogens is 446 g/mol. The number of carbonyl (C=O) groups is 1. The summed E-state index contributed by atoms with van der Waals surface area (Å²) in [7, 11) is 0. The molecule has 0 saturated carbocycles. The SMILES string of the molecule is CCC(C)OC(=O)c1cccc(N2CC(O)=C(c3nc(-c4ccc(Cl)cc4)cs3)C2=N)c1. The number of aliphatic hydroxyl groups excluding tert-OH is 1. The van der Waals surface area contributed by atoms with E-state index in [1.807, 2.05) is 31.4 Å². The number of amidine groups is 1. The Morgan fingerprint density at radius 3 is 2.78 bits per heavy atom. The number of hydrogen-bond acceptors (Lipinski definition) is 6. The lowest BCUT2D eigenvalue weighted by Crippen LogP contribution is -2.26. The Bertz CT molecular complexity index is 1200. The predicted molar refractivity (Wildman–Crippen MR) is 129 cm³/mol. The highest BCUT2D eigenvalue weighted by molar-refractivity contribution is 7.11. The minimum Gasteiger partial charge on any atom is -0.510 e. The van der Waals surface area contributed by atoms with E-state index in [1.54, 1.807) is 41.3 Å². The molecule has 4 rings (SSSR count). The molecule has 0 aliphatic carbocycles. The van der Waals surface area contributed by atoms with Gasteiger partial charge in [0.1, 0.15) is 16.6 Å². The third-order valence-electron chi connectivity index (χ3n) is 5.24. The standard InChI is InChI=1S/C24H22ClN3O3S/c1-3-14(2)31-24(30)16-5-4-6-18(11-16)28-12-20(29)21(22(28)26)23-27-19(13-32-23)15-7-9-17(25)10-8-15/h4-11,13-14,26,29H,3,12H2,1-2H3. The third-order valence-corrected chi connectivity index (χ3v) is 6.35. The molecule has 0 radical (unpaired) electrons. The molecule has 32 heavy (non-hydrogen) atoms. The van der Waals surface area contributed by atoms with Crippen molar-refractivity contribution in [2.24, 2.45) is 0 Å². The van der Waals surface area contributed by atoms with Crippen LogP contribution in [-0.2, 0) is 4.74 Å². The Hall–Kier alpha value is -3.16. The van der Waals surface area contributed by atoms with Gasteiger partial charge in [0.05, 0.1) is 29.5 Å². The summed E-state index contributed by atoms with van der Waals surface area (Å²) in [5.74, 6) is -0.205. The molecule has 0 amide bonds. The molecule has 1 aromatic heterocycles. The van der Waals surface area contributed by atoms with E-state index < -0.39 is 5.97 Å². The summed E-state index contributed by atoms with van der Waals surface area (Å²) < 4.78 is 5.41. The number of ether oxygens (including phenoxy) is 1. The van der Waals surface area contributed by atoms with E-state index >= 15 is 0 Å². The van der Waals surface area contributed by atoms with E-state index in [0.29, 0.717) is 26.9 Å². The first-order valence-corrected chi connectivity index (χ1v) is 11.4. The van der Waals surface area contributed by atoms with Gasteiger partial charge < -0.3 is 14.7 Å². The van der Waals surface area contributed by atoms with Crippen LogP contribution in [0, 0.1) is 5.41 Å². The fraction of sp³-hybridized carbons (Fsp3) is 0.208. The molecule has 0 fully saturated rings. The molecule has 2 aromatic carbocycles. The van der Waals surface area contributed by atoms with Gasteiger partial charge in [0.15, 0.2) is 0 Å². The van der Waals surface area contributed by atoms with Crippen molar-refractivity contribution in [1.29, 1.82) is 5.41 Å². The molecule has 2 N–H and O–H groups in total. The van der Waals surface area contributed by atoms with E-state index in [4.69, 9.17) is 21.7 Å². The molecule has 0 bridgehead atoms. The van der Waals surface area contributed by atoms with Gasteiger partial charge in [0, 0.05) is 21.7 Å². The predicted octanol–water partition coefficient (Wildman–Crippen LogP) is 6.19. The number of halogens is 1. The molecular formula is C24H22ClN3O3S. The van der Waals surface area contributed by atoms with Crippen molar-refractivity contribution < 1.29 is 14.6 Å². The van der Waals surface area contributed by atoms with Crippen molar-refractivity contribution >= 4 is 46.0 Å². The van der Waals surface area contributed by atoms with Crippen molar-refractivity contribution in [2.45, 2.75) is 26.4 Å². The summed E-state index contributed by atoms with van der Waals surface area (Å²) >= 11 is 7.33. The Balaban J connectivity index is 1.56. The number of anilines is 1. The van der Waals surface area contributed by atoms with Crippen LogP contribution in [0.15, 0.2) is 59.7 Å². The number of carbonyl (C=O) groups excluding carboxylic acids is 1. The number of esters is 1.